The Morgan fingerprint density at radius 3 is 2.45 bits per heavy atom. The van der Waals surface area contributed by atoms with Crippen molar-refractivity contribution in [3.05, 3.63) is 70.5 Å². The molecular weight excluding hydrogens is 393 g/mol. The zero-order valence-corrected chi connectivity index (χ0v) is 16.6. The van der Waals surface area contributed by atoms with Crippen molar-refractivity contribution in [2.75, 3.05) is 13.1 Å². The topological polar surface area (TPSA) is 91.3 Å². The number of halogens is 1. The highest BCUT2D eigenvalue weighted by Gasteiger charge is 2.16. The van der Waals surface area contributed by atoms with Crippen LogP contribution < -0.4 is 10.6 Å². The van der Waals surface area contributed by atoms with Crippen LogP contribution in [-0.4, -0.2) is 35.0 Å². The fourth-order valence-corrected chi connectivity index (χ4v) is 3.63. The van der Waals surface area contributed by atoms with Gasteiger partial charge in [0, 0.05) is 24.2 Å². The van der Waals surface area contributed by atoms with Crippen LogP contribution >= 0.6 is 11.3 Å². The van der Waals surface area contributed by atoms with Crippen LogP contribution in [0.1, 0.15) is 32.1 Å². The molecule has 0 spiro atoms. The molecule has 0 aliphatic heterocycles. The molecule has 0 atom stereocenters. The SMILES string of the molecule is Cc1nc(-c2ccc(F)cc2)sc1C(=O)NCCCNC(=O)c1cccc(O)c1. The fourth-order valence-electron chi connectivity index (χ4n) is 2.64. The number of phenols is 1. The monoisotopic (exact) mass is 413 g/mol. The molecule has 1 aromatic heterocycles. The molecule has 0 bridgehead atoms. The van der Waals surface area contributed by atoms with E-state index in [0.29, 0.717) is 40.7 Å². The summed E-state index contributed by atoms with van der Waals surface area (Å²) in [5.74, 6) is -0.803. The minimum absolute atomic E-state index is 0.0323. The lowest BCUT2D eigenvalue weighted by Gasteiger charge is -2.07. The average molecular weight is 413 g/mol. The molecule has 0 fully saturated rings. The van der Waals surface area contributed by atoms with Gasteiger partial charge in [0.25, 0.3) is 11.8 Å². The molecule has 3 N–H and O–H groups in total. The van der Waals surface area contributed by atoms with Gasteiger partial charge in [-0.2, -0.15) is 0 Å². The molecule has 0 radical (unpaired) electrons. The third-order valence-electron chi connectivity index (χ3n) is 4.13. The summed E-state index contributed by atoms with van der Waals surface area (Å²) in [5, 5.41) is 15.6. The van der Waals surface area contributed by atoms with Crippen LogP contribution in [0.4, 0.5) is 4.39 Å². The van der Waals surface area contributed by atoms with Gasteiger partial charge in [0.15, 0.2) is 0 Å². The number of nitrogens with one attached hydrogen (secondary N) is 2. The number of nitrogens with zero attached hydrogens (tertiary/aromatic N) is 1. The van der Waals surface area contributed by atoms with E-state index < -0.39 is 0 Å². The van der Waals surface area contributed by atoms with Gasteiger partial charge in [0.05, 0.1) is 5.69 Å². The van der Waals surface area contributed by atoms with Crippen molar-refractivity contribution in [3.8, 4) is 16.3 Å². The lowest BCUT2D eigenvalue weighted by Crippen LogP contribution is -2.29. The number of thiazole rings is 1. The number of benzene rings is 2. The van der Waals surface area contributed by atoms with Crippen molar-refractivity contribution >= 4 is 23.2 Å². The highest BCUT2D eigenvalue weighted by Crippen LogP contribution is 2.28. The number of carbonyl (C=O) groups excluding carboxylic acids is 2. The van der Waals surface area contributed by atoms with E-state index in [1.54, 1.807) is 31.2 Å². The predicted molar refractivity (Wildman–Crippen MR) is 110 cm³/mol. The van der Waals surface area contributed by atoms with Gasteiger partial charge < -0.3 is 15.7 Å². The lowest BCUT2D eigenvalue weighted by molar-refractivity contribution is 0.0952. The zero-order chi connectivity index (χ0) is 20.8. The third kappa shape index (κ3) is 5.39. The van der Waals surface area contributed by atoms with Crippen LogP contribution in [0.15, 0.2) is 48.5 Å². The molecule has 2 amide bonds. The smallest absolute Gasteiger partial charge is 0.263 e. The lowest BCUT2D eigenvalue weighted by atomic mass is 10.2. The van der Waals surface area contributed by atoms with Crippen LogP contribution in [0.5, 0.6) is 5.75 Å². The minimum atomic E-state index is -0.323. The number of aromatic nitrogens is 1. The Labute approximate surface area is 171 Å². The van der Waals surface area contributed by atoms with Gasteiger partial charge in [-0.25, -0.2) is 9.37 Å². The molecule has 0 aliphatic rings. The van der Waals surface area contributed by atoms with Gasteiger partial charge >= 0.3 is 0 Å². The van der Waals surface area contributed by atoms with Crippen molar-refractivity contribution in [1.29, 1.82) is 0 Å². The summed E-state index contributed by atoms with van der Waals surface area (Å²) in [5.41, 5.74) is 1.75. The summed E-state index contributed by atoms with van der Waals surface area (Å²) in [6.45, 7) is 2.54. The van der Waals surface area contributed by atoms with Crippen LogP contribution in [0.2, 0.25) is 0 Å². The van der Waals surface area contributed by atoms with Gasteiger partial charge in [0.2, 0.25) is 0 Å². The second-order valence-corrected chi connectivity index (χ2v) is 7.36. The number of carbonyl (C=O) groups is 2. The molecule has 6 nitrogen and oxygen atoms in total. The summed E-state index contributed by atoms with van der Waals surface area (Å²) in [7, 11) is 0. The molecule has 29 heavy (non-hydrogen) atoms. The number of phenolic OH excluding ortho intramolecular Hbond substituents is 1. The van der Waals surface area contributed by atoms with Gasteiger partial charge in [0.1, 0.15) is 21.5 Å². The zero-order valence-electron chi connectivity index (χ0n) is 15.7. The first-order valence-corrected chi connectivity index (χ1v) is 9.84. The Morgan fingerprint density at radius 2 is 1.76 bits per heavy atom. The van der Waals surface area contributed by atoms with E-state index >= 15 is 0 Å². The second-order valence-electron chi connectivity index (χ2n) is 6.36. The molecular formula is C21H20FN3O3S. The quantitative estimate of drug-likeness (QED) is 0.517. The summed E-state index contributed by atoms with van der Waals surface area (Å²) >= 11 is 1.25. The Morgan fingerprint density at radius 1 is 1.07 bits per heavy atom. The van der Waals surface area contributed by atoms with Crippen molar-refractivity contribution in [2.24, 2.45) is 0 Å². The van der Waals surface area contributed by atoms with E-state index in [2.05, 4.69) is 15.6 Å². The molecule has 0 unspecified atom stereocenters. The van der Waals surface area contributed by atoms with Crippen LogP contribution in [0.3, 0.4) is 0 Å². The molecule has 3 rings (SSSR count). The number of rotatable bonds is 7. The number of hydrogen-bond donors (Lipinski definition) is 3. The normalized spacial score (nSPS) is 10.6. The maximum Gasteiger partial charge on any atom is 0.263 e. The second kappa shape index (κ2) is 9.29. The number of hydrogen-bond acceptors (Lipinski definition) is 5. The Kier molecular flexibility index (Phi) is 6.56. The van der Waals surface area contributed by atoms with E-state index in [9.17, 15) is 19.1 Å². The van der Waals surface area contributed by atoms with Gasteiger partial charge in [-0.05, 0) is 55.8 Å². The third-order valence-corrected chi connectivity index (χ3v) is 5.33. The van der Waals surface area contributed by atoms with Gasteiger partial charge in [-0.1, -0.05) is 6.07 Å². The molecule has 0 saturated carbocycles. The van der Waals surface area contributed by atoms with E-state index in [-0.39, 0.29) is 23.4 Å². The molecule has 3 aromatic rings. The largest absolute Gasteiger partial charge is 0.508 e. The predicted octanol–water partition coefficient (Wildman–Crippen LogP) is 3.51. The van der Waals surface area contributed by atoms with E-state index in [1.807, 2.05) is 0 Å². The first kappa shape index (κ1) is 20.5. The highest BCUT2D eigenvalue weighted by atomic mass is 32.1. The van der Waals surface area contributed by atoms with Crippen molar-refractivity contribution in [2.45, 2.75) is 13.3 Å². The summed E-state index contributed by atoms with van der Waals surface area (Å²) < 4.78 is 13.1. The highest BCUT2D eigenvalue weighted by molar-refractivity contribution is 7.17. The van der Waals surface area contributed by atoms with Crippen LogP contribution in [0, 0.1) is 12.7 Å². The first-order chi connectivity index (χ1) is 13.9. The van der Waals surface area contributed by atoms with Crippen LogP contribution in [-0.2, 0) is 0 Å². The average Bonchev–Trinajstić information content (AvgIpc) is 3.09. The minimum Gasteiger partial charge on any atom is -0.508 e. The van der Waals surface area contributed by atoms with Crippen LogP contribution in [0.25, 0.3) is 10.6 Å². The van der Waals surface area contributed by atoms with Gasteiger partial charge in [-0.3, -0.25) is 9.59 Å². The summed E-state index contributed by atoms with van der Waals surface area (Å²) in [4.78, 5) is 29.3. The van der Waals surface area contributed by atoms with Gasteiger partial charge in [-0.15, -0.1) is 11.3 Å². The number of aromatic hydroxyl groups is 1. The maximum atomic E-state index is 13.1. The Bertz CT molecular complexity index is 1020. The molecule has 0 saturated heterocycles. The summed E-state index contributed by atoms with van der Waals surface area (Å²) in [6, 6.07) is 12.1. The van der Waals surface area contributed by atoms with Crippen molar-refractivity contribution in [3.63, 3.8) is 0 Å². The standard InChI is InChI=1S/C21H20FN3O3S/c1-13-18(29-21(25-13)14-6-8-16(22)9-7-14)20(28)24-11-3-10-23-19(27)15-4-2-5-17(26)12-15/h2,4-9,12,26H,3,10-11H2,1H3,(H,23,27)(H,24,28). The van der Waals surface area contributed by atoms with E-state index in [0.717, 1.165) is 5.56 Å². The fraction of sp³-hybridized carbons (Fsp3) is 0.190. The molecule has 1 heterocycles. The maximum absolute atomic E-state index is 13.1. The summed E-state index contributed by atoms with van der Waals surface area (Å²) in [6.07, 6.45) is 0.555. The number of amides is 2. The van der Waals surface area contributed by atoms with E-state index in [1.165, 1.54) is 35.6 Å². The molecule has 150 valence electrons. The van der Waals surface area contributed by atoms with Crippen molar-refractivity contribution in [1.82, 2.24) is 15.6 Å². The molecule has 0 aliphatic carbocycles. The Balaban J connectivity index is 1.47. The van der Waals surface area contributed by atoms with E-state index in [4.69, 9.17) is 0 Å². The van der Waals surface area contributed by atoms with Crippen molar-refractivity contribution < 1.29 is 19.1 Å². The number of aryl methyl sites for hydroxylation is 1. The Hall–Kier alpha value is -3.26. The first-order valence-electron chi connectivity index (χ1n) is 9.03. The molecule has 2 aromatic carbocycles. The molecule has 8 heteroatoms.